The van der Waals surface area contributed by atoms with Gasteiger partial charge >= 0.3 is 0 Å². The van der Waals surface area contributed by atoms with Gasteiger partial charge in [-0.1, -0.05) is 12.1 Å². The summed E-state index contributed by atoms with van der Waals surface area (Å²) in [5.41, 5.74) is 5.88. The Morgan fingerprint density at radius 1 is 0.893 bits per heavy atom. The molecule has 9 nitrogen and oxygen atoms in total. The summed E-state index contributed by atoms with van der Waals surface area (Å²) in [7, 11) is 0. The van der Waals surface area contributed by atoms with Crippen molar-refractivity contribution in [2.24, 2.45) is 5.73 Å². The Morgan fingerprint density at radius 2 is 1.46 bits per heavy atom. The zero-order valence-electron chi connectivity index (χ0n) is 15.9. The van der Waals surface area contributed by atoms with Crippen molar-refractivity contribution in [2.45, 2.75) is 6.42 Å². The van der Waals surface area contributed by atoms with Gasteiger partial charge in [0.05, 0.1) is 52.9 Å². The van der Waals surface area contributed by atoms with Gasteiger partial charge in [0.1, 0.15) is 6.29 Å². The molecule has 0 aromatic heterocycles. The highest BCUT2D eigenvalue weighted by atomic mass is 16.6. The second kappa shape index (κ2) is 15.7. The van der Waals surface area contributed by atoms with Crippen molar-refractivity contribution >= 4 is 18.1 Å². The molecule has 1 aromatic carbocycles. The van der Waals surface area contributed by atoms with Crippen LogP contribution in [0.25, 0.3) is 0 Å². The van der Waals surface area contributed by atoms with Gasteiger partial charge in [-0.2, -0.15) is 0 Å². The highest BCUT2D eigenvalue weighted by Crippen LogP contribution is 2.02. The van der Waals surface area contributed by atoms with Crippen LogP contribution in [0.2, 0.25) is 0 Å². The van der Waals surface area contributed by atoms with E-state index in [1.54, 1.807) is 18.2 Å². The summed E-state index contributed by atoms with van der Waals surface area (Å²) in [6.07, 6.45) is 0.908. The van der Waals surface area contributed by atoms with E-state index in [1.807, 2.05) is 0 Å². The van der Waals surface area contributed by atoms with E-state index < -0.39 is 0 Å². The molecule has 0 aliphatic carbocycles. The van der Waals surface area contributed by atoms with Crippen LogP contribution in [0, 0.1) is 0 Å². The zero-order chi connectivity index (χ0) is 20.5. The summed E-state index contributed by atoms with van der Waals surface area (Å²) < 4.78 is 21.2. The summed E-state index contributed by atoms with van der Waals surface area (Å²) in [4.78, 5) is 33.1. The lowest BCUT2D eigenvalue weighted by molar-refractivity contribution is -0.119. The van der Waals surface area contributed by atoms with Gasteiger partial charge in [-0.3, -0.25) is 14.4 Å². The Hall–Kier alpha value is -2.33. The van der Waals surface area contributed by atoms with Crippen molar-refractivity contribution in [1.82, 2.24) is 5.32 Å². The van der Waals surface area contributed by atoms with Gasteiger partial charge < -0.3 is 30.0 Å². The fourth-order valence-corrected chi connectivity index (χ4v) is 2.03. The Balaban J connectivity index is 1.87. The lowest BCUT2D eigenvalue weighted by Gasteiger charge is -2.08. The van der Waals surface area contributed by atoms with Gasteiger partial charge in [-0.05, 0) is 12.1 Å². The third-order valence-electron chi connectivity index (χ3n) is 3.43. The number of amides is 2. The number of hydrogen-bond donors (Lipinski definition) is 2. The van der Waals surface area contributed by atoms with E-state index in [0.717, 1.165) is 0 Å². The molecule has 0 fully saturated rings. The standard InChI is InChI=1S/C19H28N2O7/c20-18(23)4-6-25-8-10-27-12-13-28-11-9-26-7-5-21-19(24)17-3-1-2-16(14-17)15-22/h1-3,14-15H,4-13H2,(H2,20,23)(H,21,24). The Bertz CT molecular complexity index is 595. The van der Waals surface area contributed by atoms with E-state index in [4.69, 9.17) is 24.7 Å². The van der Waals surface area contributed by atoms with Gasteiger partial charge in [-0.15, -0.1) is 0 Å². The van der Waals surface area contributed by atoms with Crippen molar-refractivity contribution < 1.29 is 33.3 Å². The highest BCUT2D eigenvalue weighted by Gasteiger charge is 2.05. The average molecular weight is 396 g/mol. The molecule has 0 unspecified atom stereocenters. The van der Waals surface area contributed by atoms with Crippen molar-refractivity contribution in [3.8, 4) is 0 Å². The van der Waals surface area contributed by atoms with Gasteiger partial charge in [0.25, 0.3) is 5.91 Å². The smallest absolute Gasteiger partial charge is 0.251 e. The van der Waals surface area contributed by atoms with E-state index in [-0.39, 0.29) is 18.2 Å². The molecule has 0 heterocycles. The second-order valence-corrected chi connectivity index (χ2v) is 5.67. The molecule has 1 rings (SSSR count). The van der Waals surface area contributed by atoms with Crippen LogP contribution in [0.1, 0.15) is 27.1 Å². The van der Waals surface area contributed by atoms with Crippen LogP contribution < -0.4 is 11.1 Å². The predicted octanol–water partition coefficient (Wildman–Crippen LogP) is 0.171. The van der Waals surface area contributed by atoms with Crippen LogP contribution in [-0.4, -0.2) is 77.5 Å². The highest BCUT2D eigenvalue weighted by molar-refractivity contribution is 5.95. The lowest BCUT2D eigenvalue weighted by Crippen LogP contribution is -2.27. The van der Waals surface area contributed by atoms with Crippen molar-refractivity contribution in [3.05, 3.63) is 35.4 Å². The molecule has 0 saturated heterocycles. The molecule has 0 bridgehead atoms. The van der Waals surface area contributed by atoms with Crippen LogP contribution in [0.5, 0.6) is 0 Å². The SMILES string of the molecule is NC(=O)CCOCCOCCOCCOCCNC(=O)c1cccc(C=O)c1. The van der Waals surface area contributed by atoms with Crippen molar-refractivity contribution in [3.63, 3.8) is 0 Å². The summed E-state index contributed by atoms with van der Waals surface area (Å²) in [5.74, 6) is -0.636. The molecular weight excluding hydrogens is 368 g/mol. The third kappa shape index (κ3) is 12.1. The average Bonchev–Trinajstić information content (AvgIpc) is 2.70. The van der Waals surface area contributed by atoms with E-state index >= 15 is 0 Å². The topological polar surface area (TPSA) is 126 Å². The van der Waals surface area contributed by atoms with Crippen molar-refractivity contribution in [2.75, 3.05) is 59.4 Å². The molecule has 0 aliphatic rings. The maximum absolute atomic E-state index is 11.9. The molecule has 28 heavy (non-hydrogen) atoms. The third-order valence-corrected chi connectivity index (χ3v) is 3.43. The molecule has 3 N–H and O–H groups in total. The minimum atomic E-state index is -0.386. The molecule has 0 radical (unpaired) electrons. The minimum Gasteiger partial charge on any atom is -0.379 e. The largest absolute Gasteiger partial charge is 0.379 e. The number of carbonyl (C=O) groups is 3. The first kappa shape index (κ1) is 23.7. The van der Waals surface area contributed by atoms with Gasteiger partial charge in [0.2, 0.25) is 5.91 Å². The lowest BCUT2D eigenvalue weighted by atomic mass is 10.1. The maximum atomic E-state index is 11.9. The molecule has 0 saturated carbocycles. The second-order valence-electron chi connectivity index (χ2n) is 5.67. The van der Waals surface area contributed by atoms with Crippen LogP contribution in [0.15, 0.2) is 24.3 Å². The molecule has 2 amide bonds. The van der Waals surface area contributed by atoms with E-state index in [1.165, 1.54) is 6.07 Å². The Labute approximate surface area is 164 Å². The first-order chi connectivity index (χ1) is 13.6. The van der Waals surface area contributed by atoms with Crippen LogP contribution in [0.4, 0.5) is 0 Å². The first-order valence-corrected chi connectivity index (χ1v) is 9.06. The fraction of sp³-hybridized carbons (Fsp3) is 0.526. The normalized spacial score (nSPS) is 10.6. The molecular formula is C19H28N2O7. The first-order valence-electron chi connectivity index (χ1n) is 9.06. The number of rotatable bonds is 17. The maximum Gasteiger partial charge on any atom is 0.251 e. The predicted molar refractivity (Wildman–Crippen MR) is 101 cm³/mol. The number of ether oxygens (including phenoxy) is 4. The zero-order valence-corrected chi connectivity index (χ0v) is 15.9. The number of primary amides is 1. The monoisotopic (exact) mass is 396 g/mol. The molecule has 0 atom stereocenters. The van der Waals surface area contributed by atoms with E-state index in [0.29, 0.717) is 76.8 Å². The van der Waals surface area contributed by atoms with E-state index in [2.05, 4.69) is 5.32 Å². The van der Waals surface area contributed by atoms with Crippen LogP contribution in [-0.2, 0) is 23.7 Å². The fourth-order valence-electron chi connectivity index (χ4n) is 2.03. The van der Waals surface area contributed by atoms with Gasteiger partial charge in [0.15, 0.2) is 0 Å². The minimum absolute atomic E-state index is 0.208. The molecule has 1 aromatic rings. The van der Waals surface area contributed by atoms with Gasteiger partial charge in [0, 0.05) is 24.1 Å². The number of carbonyl (C=O) groups excluding carboxylic acids is 3. The molecule has 9 heteroatoms. The van der Waals surface area contributed by atoms with Crippen LogP contribution in [0.3, 0.4) is 0 Å². The molecule has 0 aliphatic heterocycles. The summed E-state index contributed by atoms with van der Waals surface area (Å²) in [6, 6.07) is 6.48. The summed E-state index contributed by atoms with van der Waals surface area (Å²) in [6.45, 7) is 3.57. The molecule has 0 spiro atoms. The summed E-state index contributed by atoms with van der Waals surface area (Å²) >= 11 is 0. The van der Waals surface area contributed by atoms with Crippen LogP contribution >= 0.6 is 0 Å². The Morgan fingerprint density at radius 3 is 2.04 bits per heavy atom. The number of nitrogens with one attached hydrogen (secondary N) is 1. The van der Waals surface area contributed by atoms with Gasteiger partial charge in [-0.25, -0.2) is 0 Å². The summed E-state index contributed by atoms with van der Waals surface area (Å²) in [5, 5.41) is 2.72. The van der Waals surface area contributed by atoms with E-state index in [9.17, 15) is 14.4 Å². The number of aldehydes is 1. The number of hydrogen-bond acceptors (Lipinski definition) is 7. The number of benzene rings is 1. The quantitative estimate of drug-likeness (QED) is 0.284. The Kier molecular flexibility index (Phi) is 13.3. The number of nitrogens with two attached hydrogens (primary N) is 1. The molecule has 156 valence electrons. The van der Waals surface area contributed by atoms with Crippen molar-refractivity contribution in [1.29, 1.82) is 0 Å².